The van der Waals surface area contributed by atoms with E-state index in [1.807, 2.05) is 0 Å². The monoisotopic (exact) mass is 408 g/mol. The normalized spacial score (nSPS) is 14.0. The largest absolute Gasteiger partial charge is 0.490 e. The Bertz CT molecular complexity index is 1140. The van der Waals surface area contributed by atoms with Gasteiger partial charge in [0.2, 0.25) is 0 Å². The summed E-state index contributed by atoms with van der Waals surface area (Å²) < 4.78 is 53.3. The molecule has 2 heterocycles. The first kappa shape index (κ1) is 17.8. The van der Waals surface area contributed by atoms with Gasteiger partial charge in [0.25, 0.3) is 10.0 Å². The highest BCUT2D eigenvalue weighted by atomic mass is 35.5. The van der Waals surface area contributed by atoms with Gasteiger partial charge in [-0.25, -0.2) is 12.8 Å². The predicted octanol–water partition coefficient (Wildman–Crippen LogP) is 3.99. The van der Waals surface area contributed by atoms with Gasteiger partial charge in [0.05, 0.1) is 28.8 Å². The second-order valence-electron chi connectivity index (χ2n) is 5.88. The molecule has 0 spiro atoms. The third-order valence-electron chi connectivity index (χ3n) is 4.05. The standard InChI is InChI=1S/C18H14ClFN2O4S/c19-12-9-15-16(26-8-2-7-25-15)10-14(12)22-27(23,24)17-5-4-13(20)18-11(17)3-1-6-21-18/h1,3-6,9-10,22H,2,7-8H2. The zero-order valence-corrected chi connectivity index (χ0v) is 15.5. The lowest BCUT2D eigenvalue weighted by Gasteiger charge is -2.14. The van der Waals surface area contributed by atoms with Crippen LogP contribution in [0.5, 0.6) is 11.5 Å². The number of fused-ring (bicyclic) bond motifs is 2. The van der Waals surface area contributed by atoms with Gasteiger partial charge in [0.15, 0.2) is 11.5 Å². The number of nitrogens with zero attached hydrogens (tertiary/aromatic N) is 1. The van der Waals surface area contributed by atoms with Gasteiger partial charge >= 0.3 is 0 Å². The Kier molecular flexibility index (Phi) is 4.53. The summed E-state index contributed by atoms with van der Waals surface area (Å²) in [7, 11) is -4.05. The summed E-state index contributed by atoms with van der Waals surface area (Å²) >= 11 is 6.22. The molecule has 2 aromatic carbocycles. The first-order chi connectivity index (χ1) is 13.0. The molecule has 0 radical (unpaired) electrons. The average molecular weight is 409 g/mol. The lowest BCUT2D eigenvalue weighted by atomic mass is 10.2. The van der Waals surface area contributed by atoms with E-state index in [2.05, 4.69) is 9.71 Å². The van der Waals surface area contributed by atoms with Crippen LogP contribution in [-0.2, 0) is 10.0 Å². The third kappa shape index (κ3) is 3.38. The summed E-state index contributed by atoms with van der Waals surface area (Å²) in [5.41, 5.74) is 0.118. The van der Waals surface area contributed by atoms with E-state index in [9.17, 15) is 12.8 Å². The van der Waals surface area contributed by atoms with Crippen LogP contribution >= 0.6 is 11.6 Å². The molecule has 0 atom stereocenters. The van der Waals surface area contributed by atoms with Crippen LogP contribution in [-0.4, -0.2) is 26.6 Å². The number of anilines is 1. The maximum absolute atomic E-state index is 13.9. The number of benzene rings is 2. The van der Waals surface area contributed by atoms with Crippen molar-refractivity contribution in [3.8, 4) is 11.5 Å². The smallest absolute Gasteiger partial charge is 0.262 e. The second-order valence-corrected chi connectivity index (χ2v) is 7.94. The molecular formula is C18H14ClFN2O4S. The molecule has 1 aliphatic heterocycles. The van der Waals surface area contributed by atoms with E-state index < -0.39 is 15.8 Å². The Hall–Kier alpha value is -2.58. The van der Waals surface area contributed by atoms with E-state index >= 15 is 0 Å². The van der Waals surface area contributed by atoms with Gasteiger partial charge in [-0.05, 0) is 24.3 Å². The summed E-state index contributed by atoms with van der Waals surface area (Å²) in [5.74, 6) is 0.260. The molecule has 3 aromatic rings. The highest BCUT2D eigenvalue weighted by Crippen LogP contribution is 2.38. The van der Waals surface area contributed by atoms with Crippen LogP contribution in [0.1, 0.15) is 6.42 Å². The maximum atomic E-state index is 13.9. The van der Waals surface area contributed by atoms with E-state index in [1.165, 1.54) is 30.5 Å². The summed E-state index contributed by atoms with van der Waals surface area (Å²) in [6.45, 7) is 0.943. The minimum atomic E-state index is -4.05. The van der Waals surface area contributed by atoms with E-state index in [1.54, 1.807) is 6.07 Å². The summed E-state index contributed by atoms with van der Waals surface area (Å²) in [4.78, 5) is 3.82. The van der Waals surface area contributed by atoms with Gasteiger partial charge in [-0.1, -0.05) is 11.6 Å². The van der Waals surface area contributed by atoms with Crippen molar-refractivity contribution in [2.24, 2.45) is 0 Å². The Morgan fingerprint density at radius 2 is 1.85 bits per heavy atom. The maximum Gasteiger partial charge on any atom is 0.262 e. The molecule has 0 amide bonds. The van der Waals surface area contributed by atoms with Crippen molar-refractivity contribution in [1.82, 2.24) is 4.98 Å². The Balaban J connectivity index is 1.77. The third-order valence-corrected chi connectivity index (χ3v) is 5.79. The fraction of sp³-hybridized carbons (Fsp3) is 0.167. The summed E-state index contributed by atoms with van der Waals surface area (Å²) in [6.07, 6.45) is 2.11. The molecule has 6 nitrogen and oxygen atoms in total. The number of pyridine rings is 1. The highest BCUT2D eigenvalue weighted by Gasteiger charge is 2.22. The van der Waals surface area contributed by atoms with Crippen LogP contribution in [0.3, 0.4) is 0 Å². The topological polar surface area (TPSA) is 77.5 Å². The lowest BCUT2D eigenvalue weighted by Crippen LogP contribution is -2.14. The zero-order chi connectivity index (χ0) is 19.0. The lowest BCUT2D eigenvalue weighted by molar-refractivity contribution is 0.297. The Labute approximate surface area is 159 Å². The van der Waals surface area contributed by atoms with Crippen LogP contribution in [0.4, 0.5) is 10.1 Å². The number of ether oxygens (including phenoxy) is 2. The van der Waals surface area contributed by atoms with Crippen molar-refractivity contribution in [2.75, 3.05) is 17.9 Å². The minimum Gasteiger partial charge on any atom is -0.490 e. The molecular weight excluding hydrogens is 395 g/mol. The predicted molar refractivity (Wildman–Crippen MR) is 99.6 cm³/mol. The van der Waals surface area contributed by atoms with E-state index in [4.69, 9.17) is 21.1 Å². The highest BCUT2D eigenvalue weighted by molar-refractivity contribution is 7.93. The van der Waals surface area contributed by atoms with Crippen LogP contribution in [0.25, 0.3) is 10.9 Å². The molecule has 140 valence electrons. The number of aromatic nitrogens is 1. The van der Waals surface area contributed by atoms with E-state index in [0.717, 1.165) is 6.07 Å². The van der Waals surface area contributed by atoms with E-state index in [0.29, 0.717) is 31.1 Å². The average Bonchev–Trinajstić information content (AvgIpc) is 2.87. The molecule has 1 aliphatic rings. The number of halogens is 2. The molecule has 9 heteroatoms. The number of rotatable bonds is 3. The number of sulfonamides is 1. The molecule has 0 unspecified atom stereocenters. The second kappa shape index (κ2) is 6.86. The van der Waals surface area contributed by atoms with Crippen molar-refractivity contribution >= 4 is 38.2 Å². The van der Waals surface area contributed by atoms with Gasteiger partial charge in [-0.3, -0.25) is 9.71 Å². The van der Waals surface area contributed by atoms with Gasteiger partial charge in [0.1, 0.15) is 11.3 Å². The fourth-order valence-corrected chi connectivity index (χ4v) is 4.33. The first-order valence-electron chi connectivity index (χ1n) is 8.11. The number of hydrogen-bond acceptors (Lipinski definition) is 5. The molecule has 27 heavy (non-hydrogen) atoms. The van der Waals surface area contributed by atoms with Gasteiger partial charge in [-0.2, -0.15) is 0 Å². The molecule has 0 aliphatic carbocycles. The van der Waals surface area contributed by atoms with Gasteiger partial charge in [0, 0.05) is 30.1 Å². The van der Waals surface area contributed by atoms with Crippen LogP contribution < -0.4 is 14.2 Å². The van der Waals surface area contributed by atoms with Gasteiger partial charge in [-0.15, -0.1) is 0 Å². The van der Waals surface area contributed by atoms with Gasteiger partial charge < -0.3 is 9.47 Å². The number of nitrogens with one attached hydrogen (secondary N) is 1. The quantitative estimate of drug-likeness (QED) is 0.709. The summed E-state index contributed by atoms with van der Waals surface area (Å²) in [6, 6.07) is 8.28. The molecule has 0 fully saturated rings. The number of hydrogen-bond donors (Lipinski definition) is 1. The minimum absolute atomic E-state index is 0.0230. The van der Waals surface area contributed by atoms with Crippen molar-refractivity contribution in [2.45, 2.75) is 11.3 Å². The molecule has 0 saturated carbocycles. The fourth-order valence-electron chi connectivity index (χ4n) is 2.81. The van der Waals surface area contributed by atoms with Crippen LogP contribution in [0.15, 0.2) is 47.5 Å². The van der Waals surface area contributed by atoms with E-state index in [-0.39, 0.29) is 26.5 Å². The van der Waals surface area contributed by atoms with Crippen molar-refractivity contribution in [3.05, 3.63) is 53.4 Å². The molecule has 0 saturated heterocycles. The Morgan fingerprint density at radius 3 is 2.63 bits per heavy atom. The first-order valence-corrected chi connectivity index (χ1v) is 9.97. The molecule has 0 bridgehead atoms. The Morgan fingerprint density at radius 1 is 1.11 bits per heavy atom. The van der Waals surface area contributed by atoms with Crippen molar-refractivity contribution in [3.63, 3.8) is 0 Å². The van der Waals surface area contributed by atoms with Crippen molar-refractivity contribution < 1.29 is 22.3 Å². The molecule has 4 rings (SSSR count). The SMILES string of the molecule is O=S(=O)(Nc1cc2c(cc1Cl)OCCCO2)c1ccc(F)c2ncccc12. The van der Waals surface area contributed by atoms with Crippen LogP contribution in [0.2, 0.25) is 5.02 Å². The zero-order valence-electron chi connectivity index (χ0n) is 13.9. The molecule has 1 aromatic heterocycles. The molecule has 1 N–H and O–H groups in total. The van der Waals surface area contributed by atoms with Crippen molar-refractivity contribution in [1.29, 1.82) is 0 Å². The van der Waals surface area contributed by atoms with Crippen LogP contribution in [0, 0.1) is 5.82 Å². The summed E-state index contributed by atoms with van der Waals surface area (Å²) in [5, 5.41) is 0.336.